The molecule has 1 saturated heterocycles. The van der Waals surface area contributed by atoms with Gasteiger partial charge in [-0.1, -0.05) is 31.0 Å². The number of para-hydroxylation sites is 1. The van der Waals surface area contributed by atoms with Gasteiger partial charge in [-0.2, -0.15) is 0 Å². The summed E-state index contributed by atoms with van der Waals surface area (Å²) >= 11 is 0. The van der Waals surface area contributed by atoms with Crippen LogP contribution in [0.15, 0.2) is 29.3 Å². The third-order valence-corrected chi connectivity index (χ3v) is 5.33. The van der Waals surface area contributed by atoms with E-state index in [9.17, 15) is 0 Å². The van der Waals surface area contributed by atoms with Gasteiger partial charge in [0.25, 0.3) is 0 Å². The minimum absolute atomic E-state index is 0.0444. The van der Waals surface area contributed by atoms with Crippen LogP contribution in [-0.2, 0) is 10.2 Å². The Morgan fingerprint density at radius 3 is 2.83 bits per heavy atom. The molecule has 5 heteroatoms. The number of nitrogens with one attached hydrogen (secondary N) is 1. The summed E-state index contributed by atoms with van der Waals surface area (Å²) in [4.78, 5) is 4.66. The summed E-state index contributed by atoms with van der Waals surface area (Å²) in [5.74, 6) is 1.48. The molecule has 1 saturated carbocycles. The summed E-state index contributed by atoms with van der Waals surface area (Å²) < 4.78 is 11.2. The molecular weight excluding hydrogens is 302 g/mol. The first kappa shape index (κ1) is 17.1. The monoisotopic (exact) mass is 331 g/mol. The number of ether oxygens (including phenoxy) is 2. The lowest BCUT2D eigenvalue weighted by Gasteiger charge is -2.29. The van der Waals surface area contributed by atoms with Gasteiger partial charge in [-0.05, 0) is 31.7 Å². The molecule has 1 unspecified atom stereocenters. The molecule has 0 aromatic heterocycles. The van der Waals surface area contributed by atoms with Crippen molar-refractivity contribution in [2.45, 2.75) is 50.0 Å². The second-order valence-corrected chi connectivity index (χ2v) is 6.91. The van der Waals surface area contributed by atoms with Crippen molar-refractivity contribution < 1.29 is 9.47 Å². The molecule has 3 N–H and O–H groups in total. The van der Waals surface area contributed by atoms with Crippen LogP contribution >= 0.6 is 0 Å². The lowest BCUT2D eigenvalue weighted by atomic mass is 9.78. The summed E-state index contributed by atoms with van der Waals surface area (Å²) in [6, 6.07) is 8.32. The molecule has 24 heavy (non-hydrogen) atoms. The molecule has 0 spiro atoms. The molecule has 1 heterocycles. The van der Waals surface area contributed by atoms with Crippen LogP contribution in [0.5, 0.6) is 5.75 Å². The molecule has 0 bridgehead atoms. The highest BCUT2D eigenvalue weighted by atomic mass is 16.5. The van der Waals surface area contributed by atoms with Gasteiger partial charge in [-0.25, -0.2) is 0 Å². The van der Waals surface area contributed by atoms with Gasteiger partial charge < -0.3 is 20.5 Å². The van der Waals surface area contributed by atoms with E-state index in [1.807, 2.05) is 12.1 Å². The predicted octanol–water partition coefficient (Wildman–Crippen LogP) is 2.59. The van der Waals surface area contributed by atoms with Crippen molar-refractivity contribution >= 4 is 5.96 Å². The fourth-order valence-corrected chi connectivity index (χ4v) is 3.96. The number of nitrogens with zero attached hydrogens (tertiary/aromatic N) is 1. The molecular formula is C19H29N3O2. The summed E-state index contributed by atoms with van der Waals surface area (Å²) in [5, 5.41) is 3.22. The van der Waals surface area contributed by atoms with Crippen LogP contribution in [0.1, 0.15) is 44.1 Å². The van der Waals surface area contributed by atoms with Crippen molar-refractivity contribution in [3.8, 4) is 5.75 Å². The third kappa shape index (κ3) is 3.83. The average molecular weight is 331 g/mol. The number of methoxy groups -OCH3 is 1. The molecule has 1 aliphatic heterocycles. The van der Waals surface area contributed by atoms with Gasteiger partial charge in [0.2, 0.25) is 0 Å². The van der Waals surface area contributed by atoms with Crippen LogP contribution in [0.3, 0.4) is 0 Å². The third-order valence-electron chi connectivity index (χ3n) is 5.33. The van der Waals surface area contributed by atoms with Crippen molar-refractivity contribution in [2.24, 2.45) is 10.7 Å². The minimum atomic E-state index is 0.0444. The van der Waals surface area contributed by atoms with E-state index in [4.69, 9.17) is 15.2 Å². The van der Waals surface area contributed by atoms with E-state index >= 15 is 0 Å². The molecule has 0 amide bonds. The molecule has 1 atom stereocenters. The minimum Gasteiger partial charge on any atom is -0.496 e. The molecule has 2 aliphatic rings. The quantitative estimate of drug-likeness (QED) is 0.621. The topological polar surface area (TPSA) is 68.9 Å². The van der Waals surface area contributed by atoms with E-state index in [0.29, 0.717) is 12.5 Å². The maximum atomic E-state index is 6.09. The molecule has 2 fully saturated rings. The second-order valence-electron chi connectivity index (χ2n) is 6.91. The number of nitrogens with two attached hydrogens (primary N) is 1. The highest BCUT2D eigenvalue weighted by Crippen LogP contribution is 2.44. The number of hydrogen-bond acceptors (Lipinski definition) is 3. The fourth-order valence-electron chi connectivity index (χ4n) is 3.96. The van der Waals surface area contributed by atoms with Crippen LogP contribution in [0.25, 0.3) is 0 Å². The Labute approximate surface area is 144 Å². The molecule has 0 radical (unpaired) electrons. The van der Waals surface area contributed by atoms with Crippen molar-refractivity contribution in [1.82, 2.24) is 5.32 Å². The van der Waals surface area contributed by atoms with Crippen molar-refractivity contribution in [1.29, 1.82) is 0 Å². The second kappa shape index (κ2) is 7.88. The first-order valence-electron chi connectivity index (χ1n) is 9.02. The number of rotatable bonds is 6. The fraction of sp³-hybridized carbons (Fsp3) is 0.632. The Balaban J connectivity index is 1.68. The zero-order chi connectivity index (χ0) is 16.8. The van der Waals surface area contributed by atoms with Gasteiger partial charge in [-0.15, -0.1) is 0 Å². The molecule has 132 valence electrons. The van der Waals surface area contributed by atoms with E-state index in [1.54, 1.807) is 7.11 Å². The van der Waals surface area contributed by atoms with Crippen molar-refractivity contribution in [2.75, 3.05) is 26.8 Å². The van der Waals surface area contributed by atoms with Crippen LogP contribution in [0, 0.1) is 0 Å². The van der Waals surface area contributed by atoms with E-state index < -0.39 is 0 Å². The Morgan fingerprint density at radius 2 is 2.12 bits per heavy atom. The zero-order valence-corrected chi connectivity index (χ0v) is 14.6. The zero-order valence-electron chi connectivity index (χ0n) is 14.6. The lowest BCUT2D eigenvalue weighted by Crippen LogP contribution is -2.38. The van der Waals surface area contributed by atoms with Gasteiger partial charge in [0, 0.05) is 24.1 Å². The molecule has 1 aliphatic carbocycles. The summed E-state index contributed by atoms with van der Waals surface area (Å²) in [7, 11) is 1.74. The average Bonchev–Trinajstić information content (AvgIpc) is 3.30. The van der Waals surface area contributed by atoms with E-state index in [0.717, 1.165) is 44.6 Å². The number of hydrogen-bond donors (Lipinski definition) is 2. The van der Waals surface area contributed by atoms with Gasteiger partial charge >= 0.3 is 0 Å². The van der Waals surface area contributed by atoms with Gasteiger partial charge in [0.05, 0.1) is 19.8 Å². The lowest BCUT2D eigenvalue weighted by molar-refractivity contribution is 0.114. The first-order chi connectivity index (χ1) is 11.7. The van der Waals surface area contributed by atoms with Crippen molar-refractivity contribution in [3.63, 3.8) is 0 Å². The van der Waals surface area contributed by atoms with Crippen LogP contribution in [0.4, 0.5) is 0 Å². The Hall–Kier alpha value is -1.75. The van der Waals surface area contributed by atoms with E-state index in [-0.39, 0.29) is 11.5 Å². The standard InChI is InChI=1S/C19H29N3O2/c1-23-17-9-3-2-8-16(17)19(10-4-5-11-19)14-22-18(20)21-13-15-7-6-12-24-15/h2-3,8-9,15H,4-7,10-14H2,1H3,(H3,20,21,22). The Kier molecular flexibility index (Phi) is 5.61. The van der Waals surface area contributed by atoms with E-state index in [2.05, 4.69) is 22.4 Å². The molecule has 5 nitrogen and oxygen atoms in total. The maximum Gasteiger partial charge on any atom is 0.188 e. The predicted molar refractivity (Wildman–Crippen MR) is 96.6 cm³/mol. The Morgan fingerprint density at radius 1 is 1.33 bits per heavy atom. The highest BCUT2D eigenvalue weighted by Gasteiger charge is 2.37. The van der Waals surface area contributed by atoms with E-state index in [1.165, 1.54) is 18.4 Å². The van der Waals surface area contributed by atoms with Crippen LogP contribution in [-0.4, -0.2) is 38.9 Å². The smallest absolute Gasteiger partial charge is 0.188 e. The summed E-state index contributed by atoms with van der Waals surface area (Å²) in [6.07, 6.45) is 7.25. The molecule has 1 aromatic carbocycles. The molecule has 3 rings (SSSR count). The number of guanidine groups is 1. The summed E-state index contributed by atoms with van der Waals surface area (Å²) in [5.41, 5.74) is 7.40. The van der Waals surface area contributed by atoms with Crippen LogP contribution < -0.4 is 15.8 Å². The normalized spacial score (nSPS) is 23.4. The van der Waals surface area contributed by atoms with Crippen molar-refractivity contribution in [3.05, 3.63) is 29.8 Å². The number of aliphatic imine (C=N–C) groups is 1. The largest absolute Gasteiger partial charge is 0.496 e. The van der Waals surface area contributed by atoms with Gasteiger partial charge in [0.1, 0.15) is 5.75 Å². The van der Waals surface area contributed by atoms with Crippen LogP contribution in [0.2, 0.25) is 0 Å². The SMILES string of the molecule is COc1ccccc1C1(CN=C(N)NCC2CCCO2)CCCC1. The highest BCUT2D eigenvalue weighted by molar-refractivity contribution is 5.77. The first-order valence-corrected chi connectivity index (χ1v) is 9.02. The Bertz CT molecular complexity index is 561. The molecule has 1 aromatic rings. The van der Waals surface area contributed by atoms with Gasteiger partial charge in [-0.3, -0.25) is 4.99 Å². The number of benzene rings is 1. The maximum absolute atomic E-state index is 6.09. The summed E-state index contributed by atoms with van der Waals surface area (Å²) in [6.45, 7) is 2.31. The van der Waals surface area contributed by atoms with Gasteiger partial charge in [0.15, 0.2) is 5.96 Å².